The molecule has 0 radical (unpaired) electrons. The molecule has 15 nitrogen and oxygen atoms in total. The summed E-state index contributed by atoms with van der Waals surface area (Å²) in [6.45, 7) is 1.27. The zero-order valence-corrected chi connectivity index (χ0v) is 40.2. The number of ether oxygens (including phenoxy) is 2. The van der Waals surface area contributed by atoms with Gasteiger partial charge in [0, 0.05) is 18.8 Å². The molecule has 17 heteroatoms. The fourth-order valence-electron chi connectivity index (χ4n) is 6.13. The van der Waals surface area contributed by atoms with Gasteiger partial charge in [0.25, 0.3) is 0 Å². The van der Waals surface area contributed by atoms with E-state index in [4.69, 9.17) is 23.8 Å². The van der Waals surface area contributed by atoms with E-state index in [-0.39, 0.29) is 30.5 Å². The van der Waals surface area contributed by atoms with Crippen LogP contribution in [0.4, 0.5) is 0 Å². The van der Waals surface area contributed by atoms with E-state index in [1.54, 1.807) is 18.2 Å². The summed E-state index contributed by atoms with van der Waals surface area (Å²) >= 11 is 0. The molecular weight excluding hydrogens is 878 g/mol. The van der Waals surface area contributed by atoms with Crippen molar-refractivity contribution in [1.82, 2.24) is 0 Å². The average molecular weight is 955 g/mol. The molecule has 1 rings (SSSR count). The second-order valence-corrected chi connectivity index (χ2v) is 18.3. The van der Waals surface area contributed by atoms with E-state index in [1.807, 2.05) is 18.2 Å². The number of ketones is 1. The molecule has 5 N–H and O–H groups in total. The number of rotatable bonds is 39. The number of carbonyl (C=O) groups is 3. The zero-order chi connectivity index (χ0) is 48.0. The summed E-state index contributed by atoms with van der Waals surface area (Å²) in [5, 5.41) is 20.0. The lowest BCUT2D eigenvalue weighted by atomic mass is 9.90. The SMILES string of the molecule is CC/C=C\C/C=C\C/C=C\C/C=C\C/C=C\CCCCCC(=O)O[C@H](COC(=O)CCC/C=C\C[C@H]1C=CC(=O)[C@@H]1/C=C/[C@@H](O)CCCCC)COP(=O)(O)OC[C@@H](O)COP(=O)(O)O. The number of phosphoric acid groups is 2. The molecule has 65 heavy (non-hydrogen) atoms. The van der Waals surface area contributed by atoms with Gasteiger partial charge in [-0.3, -0.25) is 28.0 Å². The van der Waals surface area contributed by atoms with Gasteiger partial charge >= 0.3 is 27.6 Å². The molecule has 0 aromatic carbocycles. The third-order valence-electron chi connectivity index (χ3n) is 9.69. The highest BCUT2D eigenvalue weighted by Crippen LogP contribution is 2.44. The minimum Gasteiger partial charge on any atom is -0.462 e. The molecule has 6 atom stereocenters. The second-order valence-electron chi connectivity index (χ2n) is 15.6. The Hall–Kier alpha value is -3.33. The van der Waals surface area contributed by atoms with E-state index in [1.165, 1.54) is 0 Å². The van der Waals surface area contributed by atoms with Crippen molar-refractivity contribution < 1.29 is 71.5 Å². The lowest BCUT2D eigenvalue weighted by Gasteiger charge is -2.20. The molecule has 1 aliphatic rings. The van der Waals surface area contributed by atoms with Gasteiger partial charge in [-0.1, -0.05) is 131 Å². The van der Waals surface area contributed by atoms with Crippen molar-refractivity contribution in [1.29, 1.82) is 0 Å². The van der Waals surface area contributed by atoms with Crippen LogP contribution >= 0.6 is 15.6 Å². The zero-order valence-electron chi connectivity index (χ0n) is 38.4. The van der Waals surface area contributed by atoms with Crippen LogP contribution in [0, 0.1) is 11.8 Å². The number of hydrogen-bond acceptors (Lipinski definition) is 12. The summed E-state index contributed by atoms with van der Waals surface area (Å²) in [4.78, 5) is 65.3. The van der Waals surface area contributed by atoms with E-state index < -0.39 is 72.3 Å². The Balaban J connectivity index is 2.54. The largest absolute Gasteiger partial charge is 0.472 e. The third kappa shape index (κ3) is 35.5. The van der Waals surface area contributed by atoms with Gasteiger partial charge in [0.1, 0.15) is 12.7 Å². The molecule has 0 aromatic rings. The first-order valence-corrected chi connectivity index (χ1v) is 26.0. The van der Waals surface area contributed by atoms with Gasteiger partial charge in [0.05, 0.1) is 25.9 Å². The lowest BCUT2D eigenvalue weighted by molar-refractivity contribution is -0.161. The van der Waals surface area contributed by atoms with Crippen LogP contribution in [0.3, 0.4) is 0 Å². The van der Waals surface area contributed by atoms with E-state index in [0.29, 0.717) is 32.1 Å². The quantitative estimate of drug-likeness (QED) is 0.0167. The minimum atomic E-state index is -4.90. The highest BCUT2D eigenvalue weighted by Gasteiger charge is 2.29. The second kappa shape index (κ2) is 37.7. The van der Waals surface area contributed by atoms with Crippen LogP contribution < -0.4 is 0 Å². The van der Waals surface area contributed by atoms with Crippen molar-refractivity contribution in [2.24, 2.45) is 11.8 Å². The van der Waals surface area contributed by atoms with Crippen molar-refractivity contribution in [2.45, 2.75) is 148 Å². The van der Waals surface area contributed by atoms with Crippen LogP contribution in [0.2, 0.25) is 0 Å². The molecular formula is C48H76O15P2. The molecule has 0 fully saturated rings. The van der Waals surface area contributed by atoms with E-state index in [2.05, 4.69) is 83.7 Å². The molecule has 0 amide bonds. The molecule has 368 valence electrons. The molecule has 1 unspecified atom stereocenters. The van der Waals surface area contributed by atoms with Crippen molar-refractivity contribution in [2.75, 3.05) is 26.4 Å². The number of allylic oxidation sites excluding steroid dienone is 15. The maximum absolute atomic E-state index is 12.7. The lowest BCUT2D eigenvalue weighted by Crippen LogP contribution is -2.30. The number of hydrogen-bond donors (Lipinski definition) is 5. The summed E-state index contributed by atoms with van der Waals surface area (Å²) in [5.41, 5.74) is 0. The average Bonchev–Trinajstić information content (AvgIpc) is 3.62. The fraction of sp³-hybridized carbons (Fsp3) is 0.604. The number of carbonyl (C=O) groups excluding carboxylic acids is 3. The van der Waals surface area contributed by atoms with Crippen LogP contribution in [0.25, 0.3) is 0 Å². The molecule has 0 aromatic heterocycles. The first kappa shape index (κ1) is 59.7. The van der Waals surface area contributed by atoms with Crippen LogP contribution in [-0.2, 0) is 46.6 Å². The van der Waals surface area contributed by atoms with Crippen LogP contribution in [0.15, 0.2) is 97.2 Å². The molecule has 0 aliphatic heterocycles. The molecule has 1 aliphatic carbocycles. The predicted molar refractivity (Wildman–Crippen MR) is 252 cm³/mol. The monoisotopic (exact) mass is 954 g/mol. The topological polar surface area (TPSA) is 233 Å². The minimum absolute atomic E-state index is 0.00451. The van der Waals surface area contributed by atoms with Gasteiger partial charge in [-0.2, -0.15) is 0 Å². The Morgan fingerprint density at radius 2 is 1.26 bits per heavy atom. The van der Waals surface area contributed by atoms with E-state index in [0.717, 1.165) is 70.6 Å². The number of aliphatic hydroxyl groups is 2. The van der Waals surface area contributed by atoms with Gasteiger partial charge in [-0.05, 0) is 89.0 Å². The van der Waals surface area contributed by atoms with Crippen molar-refractivity contribution in [3.63, 3.8) is 0 Å². The van der Waals surface area contributed by atoms with Crippen LogP contribution in [0.5, 0.6) is 0 Å². The summed E-state index contributed by atoms with van der Waals surface area (Å²) in [7, 11) is -9.77. The summed E-state index contributed by atoms with van der Waals surface area (Å²) < 4.78 is 47.8. The fourth-order valence-corrected chi connectivity index (χ4v) is 7.28. The standard InChI is InChI=1S/C48H76O15P2/c1-3-5-7-8-9-10-11-12-13-14-15-16-17-18-19-20-21-22-28-32-48(53)63-44(40-62-65(57,58)61-38-43(50)37-60-64(54,55)56)39-59-47(52)31-27-24-23-26-29-41-33-36-46(51)45(41)35-34-42(49)30-25-6-4-2/h5,7,9-10,12-13,15-16,18-19,23,26,33-36,41-45,49-50H,3-4,6,8,11,14,17,20-22,24-25,27-32,37-40H2,1-2H3,(H,57,58)(H2,54,55,56)/b7-5-,10-9-,13-12-,16-15-,19-18-,26-23-,35-34+/t41-,42-,43-,44+,45+/m0/s1. The highest BCUT2D eigenvalue weighted by molar-refractivity contribution is 7.47. The third-order valence-corrected chi connectivity index (χ3v) is 11.1. The first-order valence-electron chi connectivity index (χ1n) is 23.0. The van der Waals surface area contributed by atoms with Crippen molar-refractivity contribution >= 4 is 33.4 Å². The predicted octanol–water partition coefficient (Wildman–Crippen LogP) is 9.73. The van der Waals surface area contributed by atoms with Gasteiger partial charge in [-0.25, -0.2) is 9.13 Å². The summed E-state index contributed by atoms with van der Waals surface area (Å²) in [5.74, 6) is -1.57. The molecule has 0 spiro atoms. The Morgan fingerprint density at radius 3 is 1.91 bits per heavy atom. The normalized spacial score (nSPS) is 18.4. The van der Waals surface area contributed by atoms with Crippen molar-refractivity contribution in [3.05, 3.63) is 97.2 Å². The molecule has 0 saturated carbocycles. The van der Waals surface area contributed by atoms with E-state index >= 15 is 0 Å². The first-order chi connectivity index (χ1) is 31.2. The van der Waals surface area contributed by atoms with Gasteiger partial charge < -0.3 is 34.4 Å². The summed E-state index contributed by atoms with van der Waals surface area (Å²) in [6, 6.07) is 0. The number of unbranched alkanes of at least 4 members (excludes halogenated alkanes) is 6. The molecule has 0 saturated heterocycles. The van der Waals surface area contributed by atoms with Gasteiger partial charge in [0.2, 0.25) is 0 Å². The maximum Gasteiger partial charge on any atom is 0.472 e. The summed E-state index contributed by atoms with van der Waals surface area (Å²) in [6.07, 6.45) is 41.7. The Kier molecular flexibility index (Phi) is 34.6. The van der Waals surface area contributed by atoms with Gasteiger partial charge in [0.15, 0.2) is 11.9 Å². The Bertz CT molecular complexity index is 1660. The number of phosphoric ester groups is 2. The Labute approximate surface area is 386 Å². The highest BCUT2D eigenvalue weighted by atomic mass is 31.2. The van der Waals surface area contributed by atoms with Crippen LogP contribution in [0.1, 0.15) is 129 Å². The maximum atomic E-state index is 12.7. The Morgan fingerprint density at radius 1 is 0.677 bits per heavy atom. The van der Waals surface area contributed by atoms with Gasteiger partial charge in [-0.15, -0.1) is 0 Å². The number of aliphatic hydroxyl groups excluding tert-OH is 2. The smallest absolute Gasteiger partial charge is 0.462 e. The van der Waals surface area contributed by atoms with Crippen molar-refractivity contribution in [3.8, 4) is 0 Å². The molecule has 0 bridgehead atoms. The number of esters is 2. The van der Waals surface area contributed by atoms with Crippen LogP contribution in [-0.4, -0.2) is 87.4 Å². The molecule has 0 heterocycles. The van der Waals surface area contributed by atoms with E-state index in [9.17, 15) is 38.6 Å².